The molecule has 1 N–H and O–H groups in total. The van der Waals surface area contributed by atoms with Crippen molar-refractivity contribution in [1.29, 1.82) is 0 Å². The van der Waals surface area contributed by atoms with E-state index in [1.165, 1.54) is 4.57 Å². The third kappa shape index (κ3) is 1.59. The van der Waals surface area contributed by atoms with Crippen molar-refractivity contribution in [3.63, 3.8) is 0 Å². The summed E-state index contributed by atoms with van der Waals surface area (Å²) >= 11 is 6.07. The zero-order valence-electron chi connectivity index (χ0n) is 9.39. The van der Waals surface area contributed by atoms with Gasteiger partial charge in [0.1, 0.15) is 5.37 Å². The van der Waals surface area contributed by atoms with Crippen molar-refractivity contribution in [2.45, 2.75) is 18.2 Å². The number of sulfone groups is 1. The summed E-state index contributed by atoms with van der Waals surface area (Å²) in [5.41, 5.74) is 0.614. The molecule has 1 atom stereocenters. The van der Waals surface area contributed by atoms with Crippen LogP contribution in [0.1, 0.15) is 18.2 Å². The van der Waals surface area contributed by atoms with Crippen molar-refractivity contribution in [1.82, 2.24) is 9.55 Å². The maximum atomic E-state index is 12.0. The van der Waals surface area contributed by atoms with E-state index in [2.05, 4.69) is 4.98 Å². The van der Waals surface area contributed by atoms with Crippen LogP contribution in [0.15, 0.2) is 23.0 Å². The van der Waals surface area contributed by atoms with Crippen molar-refractivity contribution < 1.29 is 8.42 Å². The highest BCUT2D eigenvalue weighted by molar-refractivity contribution is 7.91. The molecular weight excluding hydrogens is 276 g/mol. The Bertz CT molecular complexity index is 775. The predicted molar refractivity (Wildman–Crippen MR) is 69.6 cm³/mol. The van der Waals surface area contributed by atoms with Crippen LogP contribution in [0.5, 0.6) is 0 Å². The van der Waals surface area contributed by atoms with Gasteiger partial charge < -0.3 is 4.98 Å². The number of aromatic nitrogens is 2. The summed E-state index contributed by atoms with van der Waals surface area (Å²) in [7, 11) is -3.26. The second-order valence-corrected chi connectivity index (χ2v) is 7.09. The van der Waals surface area contributed by atoms with Crippen LogP contribution >= 0.6 is 11.6 Å². The summed E-state index contributed by atoms with van der Waals surface area (Å²) in [4.78, 5) is 14.6. The van der Waals surface area contributed by atoms with Crippen molar-refractivity contribution in [3.8, 4) is 0 Å². The van der Waals surface area contributed by atoms with E-state index in [1.807, 2.05) is 0 Å². The van der Waals surface area contributed by atoms with Gasteiger partial charge in [0.25, 0.3) is 0 Å². The molecular formula is C11H11ClN2O3S. The third-order valence-electron chi connectivity index (χ3n) is 3.27. The molecule has 1 aromatic heterocycles. The number of fused-ring (bicyclic) bond motifs is 1. The Labute approximate surface area is 108 Å². The Kier molecular flexibility index (Phi) is 2.53. The normalized spacial score (nSPS) is 22.6. The molecule has 0 radical (unpaired) electrons. The molecule has 1 saturated heterocycles. The zero-order chi connectivity index (χ0) is 12.9. The first kappa shape index (κ1) is 11.8. The average Bonchev–Trinajstić information content (AvgIpc) is 2.78. The molecule has 18 heavy (non-hydrogen) atoms. The molecule has 1 aliphatic heterocycles. The van der Waals surface area contributed by atoms with E-state index in [0.717, 1.165) is 0 Å². The number of benzene rings is 1. The highest BCUT2D eigenvalue weighted by Crippen LogP contribution is 2.33. The number of rotatable bonds is 1. The van der Waals surface area contributed by atoms with Crippen LogP contribution in [0.2, 0.25) is 5.02 Å². The summed E-state index contributed by atoms with van der Waals surface area (Å²) < 4.78 is 25.2. The van der Waals surface area contributed by atoms with Crippen LogP contribution in [-0.4, -0.2) is 23.7 Å². The lowest BCUT2D eigenvalue weighted by atomic mass is 10.3. The zero-order valence-corrected chi connectivity index (χ0v) is 11.0. The van der Waals surface area contributed by atoms with Crippen LogP contribution < -0.4 is 5.69 Å². The van der Waals surface area contributed by atoms with E-state index in [0.29, 0.717) is 28.9 Å². The number of imidazole rings is 1. The van der Waals surface area contributed by atoms with E-state index in [1.54, 1.807) is 18.2 Å². The van der Waals surface area contributed by atoms with Crippen LogP contribution in [0.3, 0.4) is 0 Å². The Hall–Kier alpha value is -1.27. The third-order valence-corrected chi connectivity index (χ3v) is 5.71. The second-order valence-electron chi connectivity index (χ2n) is 4.40. The molecule has 2 heterocycles. The van der Waals surface area contributed by atoms with E-state index in [9.17, 15) is 13.2 Å². The molecule has 1 aliphatic rings. The van der Waals surface area contributed by atoms with Gasteiger partial charge in [-0.25, -0.2) is 13.2 Å². The molecule has 0 spiro atoms. The lowest BCUT2D eigenvalue weighted by Gasteiger charge is -2.11. The van der Waals surface area contributed by atoms with Gasteiger partial charge >= 0.3 is 5.69 Å². The first-order valence-corrected chi connectivity index (χ1v) is 7.70. The number of hydrogen-bond acceptors (Lipinski definition) is 3. The molecule has 2 aromatic rings. The van der Waals surface area contributed by atoms with Gasteiger partial charge in [0.15, 0.2) is 9.84 Å². The average molecular weight is 287 g/mol. The molecule has 0 bridgehead atoms. The van der Waals surface area contributed by atoms with E-state index in [-0.39, 0.29) is 5.75 Å². The second kappa shape index (κ2) is 3.86. The number of H-pyrrole nitrogens is 1. The molecule has 0 aliphatic carbocycles. The minimum absolute atomic E-state index is 0.126. The van der Waals surface area contributed by atoms with Gasteiger partial charge in [0, 0.05) is 0 Å². The fourth-order valence-corrected chi connectivity index (χ4v) is 4.63. The number of aromatic amines is 1. The van der Waals surface area contributed by atoms with Crippen LogP contribution in [0.4, 0.5) is 0 Å². The number of halogens is 1. The van der Waals surface area contributed by atoms with Gasteiger partial charge in [-0.2, -0.15) is 0 Å². The molecule has 3 rings (SSSR count). The highest BCUT2D eigenvalue weighted by Gasteiger charge is 2.35. The summed E-state index contributed by atoms with van der Waals surface area (Å²) in [6.07, 6.45) is 1.04. The van der Waals surface area contributed by atoms with Crippen LogP contribution in [0, 0.1) is 0 Å². The lowest BCUT2D eigenvalue weighted by molar-refractivity contribution is 0.556. The lowest BCUT2D eigenvalue weighted by Crippen LogP contribution is -2.25. The van der Waals surface area contributed by atoms with Gasteiger partial charge in [0.2, 0.25) is 0 Å². The topological polar surface area (TPSA) is 71.9 Å². The van der Waals surface area contributed by atoms with Crippen LogP contribution in [0.25, 0.3) is 11.0 Å². The van der Waals surface area contributed by atoms with Gasteiger partial charge in [0.05, 0.1) is 21.8 Å². The van der Waals surface area contributed by atoms with E-state index >= 15 is 0 Å². The first-order valence-electron chi connectivity index (χ1n) is 5.61. The maximum Gasteiger partial charge on any atom is 0.327 e. The smallest absolute Gasteiger partial charge is 0.305 e. The molecule has 96 valence electrons. The predicted octanol–water partition coefficient (Wildman–Crippen LogP) is 1.69. The van der Waals surface area contributed by atoms with Crippen molar-refractivity contribution >= 4 is 32.5 Å². The Morgan fingerprint density at radius 1 is 1.39 bits per heavy atom. The van der Waals surface area contributed by atoms with Gasteiger partial charge in [-0.05, 0) is 25.0 Å². The summed E-state index contributed by atoms with van der Waals surface area (Å²) in [5.74, 6) is 0.126. The minimum atomic E-state index is -3.26. The number of nitrogens with zero attached hydrogens (tertiary/aromatic N) is 1. The first-order chi connectivity index (χ1) is 8.50. The van der Waals surface area contributed by atoms with Crippen molar-refractivity contribution in [2.24, 2.45) is 0 Å². The molecule has 7 heteroatoms. The molecule has 5 nitrogen and oxygen atoms in total. The molecule has 0 amide bonds. The van der Waals surface area contributed by atoms with Gasteiger partial charge in [-0.1, -0.05) is 17.7 Å². The Morgan fingerprint density at radius 2 is 2.17 bits per heavy atom. The monoisotopic (exact) mass is 286 g/mol. The largest absolute Gasteiger partial charge is 0.327 e. The van der Waals surface area contributed by atoms with E-state index in [4.69, 9.17) is 11.6 Å². The molecule has 1 aromatic carbocycles. The molecule has 1 unspecified atom stereocenters. The standard InChI is InChI=1S/C11H11ClN2O3S/c12-7-3-1-4-8-10(7)14(11(15)13-8)9-5-2-6-18(9,16)17/h1,3-4,9H,2,5-6H2,(H,13,15). The molecule has 1 fully saturated rings. The summed E-state index contributed by atoms with van der Waals surface area (Å²) in [6.45, 7) is 0. The quantitative estimate of drug-likeness (QED) is 0.867. The molecule has 0 saturated carbocycles. The fraction of sp³-hybridized carbons (Fsp3) is 0.364. The van der Waals surface area contributed by atoms with Crippen molar-refractivity contribution in [2.75, 3.05) is 5.75 Å². The van der Waals surface area contributed by atoms with Gasteiger partial charge in [-0.15, -0.1) is 0 Å². The minimum Gasteiger partial charge on any atom is -0.305 e. The summed E-state index contributed by atoms with van der Waals surface area (Å²) in [6, 6.07) is 5.07. The fourth-order valence-electron chi connectivity index (χ4n) is 2.48. The number of nitrogens with one attached hydrogen (secondary N) is 1. The number of hydrogen-bond donors (Lipinski definition) is 1. The Balaban J connectivity index is 2.36. The van der Waals surface area contributed by atoms with E-state index < -0.39 is 20.9 Å². The van der Waals surface area contributed by atoms with Crippen molar-refractivity contribution in [3.05, 3.63) is 33.7 Å². The van der Waals surface area contributed by atoms with Crippen LogP contribution in [-0.2, 0) is 9.84 Å². The Morgan fingerprint density at radius 3 is 2.83 bits per heavy atom. The highest BCUT2D eigenvalue weighted by atomic mass is 35.5. The maximum absolute atomic E-state index is 12.0. The number of para-hydroxylation sites is 1. The summed E-state index contributed by atoms with van der Waals surface area (Å²) in [5, 5.41) is -0.411. The van der Waals surface area contributed by atoms with Gasteiger partial charge in [-0.3, -0.25) is 4.57 Å². The SMILES string of the molecule is O=c1[nH]c2cccc(Cl)c2n1C1CCCS1(=O)=O.